The molecule has 4 atom stereocenters. The number of amides is 6. The Morgan fingerprint density at radius 2 is 0.640 bits per heavy atom. The van der Waals surface area contributed by atoms with Gasteiger partial charge in [0, 0.05) is 133 Å². The van der Waals surface area contributed by atoms with Gasteiger partial charge in [-0.25, -0.2) is 77.4 Å². The van der Waals surface area contributed by atoms with Crippen LogP contribution >= 0.6 is 11.3 Å². The predicted molar refractivity (Wildman–Crippen MR) is 575 cm³/mol. The molecule has 6 N–H and O–H groups in total. The maximum absolute atomic E-state index is 14.1. The lowest BCUT2D eigenvalue weighted by Crippen LogP contribution is -2.60. The van der Waals surface area contributed by atoms with E-state index < -0.39 is 35.5 Å². The molecule has 0 spiro atoms. The number of thiophene rings is 1. The van der Waals surface area contributed by atoms with Crippen LogP contribution in [0.4, 0.5) is 53.3 Å². The molecule has 784 valence electrons. The minimum atomic E-state index is -3.36. The van der Waals surface area contributed by atoms with Gasteiger partial charge in [0.1, 0.15) is 44.5 Å². The Kier molecular flexibility index (Phi) is 31.4. The first-order valence-electron chi connectivity index (χ1n) is 53.1. The van der Waals surface area contributed by atoms with Gasteiger partial charge in [0.05, 0.1) is 6.26 Å². The zero-order chi connectivity index (χ0) is 105. The van der Waals surface area contributed by atoms with E-state index in [0.29, 0.717) is 128 Å². The van der Waals surface area contributed by atoms with E-state index in [0.717, 1.165) is 193 Å². The fourth-order valence-corrected chi connectivity index (χ4v) is 21.3. The number of carbonyl (C=O) groups excluding carboxylic acids is 6. The second kappa shape index (κ2) is 45.2. The SMILES string of the molecule is Cc1ccc2nc(NC(=O)CC3CC(C)(F)C3)n(C3CCC3)c2n1.Cc1ccc2nc(NC(=O)CC3CC(F)(F)C3(C)F)n(C3CCC3)c2n1.Cc1ccc2nc(NC(=O)CCc3ccco3)n(C3CCC3)c2n1.Cc1ccc2nc(NC(=O)CCc3cccs3)n(C3CCC3)c2n1.Cc1ccc2nc(NC(=O)C[C@@H](C)c3ccccc3)n(C3CCC3)c2n1.Cc1ccc2nc(NC(=O)C[C@H](C)c3ccccc3)n(C3CCC3)c2n1. The molecule has 14 heterocycles. The van der Waals surface area contributed by atoms with E-state index in [1.807, 2.05) is 179 Å². The average Bonchev–Trinajstić information content (AvgIpc) is 1.12. The molecule has 24 rings (SSSR count). The van der Waals surface area contributed by atoms with Crippen molar-refractivity contribution in [2.45, 2.75) is 321 Å². The molecule has 8 aliphatic carbocycles. The van der Waals surface area contributed by atoms with Crippen LogP contribution in [-0.2, 0) is 41.6 Å². The summed E-state index contributed by atoms with van der Waals surface area (Å²) in [6.07, 6.45) is 25.3. The number of rotatable bonds is 28. The van der Waals surface area contributed by atoms with Crippen LogP contribution in [-0.4, -0.2) is 140 Å². The third-order valence-corrected chi connectivity index (χ3v) is 31.5. The third-order valence-electron chi connectivity index (χ3n) is 30.6. The lowest BCUT2D eigenvalue weighted by molar-refractivity contribution is -0.242. The fourth-order valence-electron chi connectivity index (χ4n) is 20.6. The summed E-state index contributed by atoms with van der Waals surface area (Å²) in [5, 5.41) is 19.7. The number of nitrogens with one attached hydrogen (secondary N) is 6. The van der Waals surface area contributed by atoms with Gasteiger partial charge in [-0.2, -0.15) is 0 Å². The smallest absolute Gasteiger partial charge is 0.281 e. The predicted octanol–water partition coefficient (Wildman–Crippen LogP) is 25.0. The number of pyridine rings is 6. The van der Waals surface area contributed by atoms with Crippen LogP contribution in [0.25, 0.3) is 67.0 Å². The number of carbonyl (C=O) groups is 6. The Labute approximate surface area is 872 Å². The summed E-state index contributed by atoms with van der Waals surface area (Å²) in [5.41, 5.74) is 14.1. The van der Waals surface area contributed by atoms with E-state index in [-0.39, 0.29) is 59.8 Å². The molecule has 8 aliphatic rings. The Hall–Kier alpha value is -14.3. The summed E-state index contributed by atoms with van der Waals surface area (Å²) in [4.78, 5) is 131. The summed E-state index contributed by atoms with van der Waals surface area (Å²) in [6.45, 7) is 18.4. The zero-order valence-electron chi connectivity index (χ0n) is 86.8. The quantitative estimate of drug-likeness (QED) is 0.0248. The minimum absolute atomic E-state index is 0.00560. The number of imidazole rings is 6. The molecule has 0 aliphatic heterocycles. The molecule has 2 aromatic carbocycles. The van der Waals surface area contributed by atoms with Crippen molar-refractivity contribution >= 4 is 149 Å². The number of benzene rings is 2. The number of nitrogens with zero attached hydrogens (tertiary/aromatic N) is 18. The van der Waals surface area contributed by atoms with Crippen LogP contribution in [0.15, 0.2) is 174 Å². The number of hydrogen-bond acceptors (Lipinski definition) is 20. The number of fused-ring (bicyclic) bond motifs is 6. The molecule has 8 fully saturated rings. The highest BCUT2D eigenvalue weighted by Crippen LogP contribution is 2.56. The zero-order valence-corrected chi connectivity index (χ0v) is 87.6. The van der Waals surface area contributed by atoms with Gasteiger partial charge < -0.3 is 4.42 Å². The Morgan fingerprint density at radius 1 is 0.347 bits per heavy atom. The van der Waals surface area contributed by atoms with Gasteiger partial charge in [-0.15, -0.1) is 11.3 Å². The molecule has 8 saturated carbocycles. The van der Waals surface area contributed by atoms with Crippen LogP contribution in [0.3, 0.4) is 0 Å². The van der Waals surface area contributed by atoms with Crippen molar-refractivity contribution in [3.8, 4) is 0 Å². The molecule has 14 aromatic heterocycles. The van der Waals surface area contributed by atoms with Crippen LogP contribution in [0.5, 0.6) is 0 Å². The normalized spacial score (nSPS) is 19.2. The Morgan fingerprint density at radius 3 is 0.900 bits per heavy atom. The molecule has 36 heteroatoms. The molecular formula is C114H132F4N24O7S. The van der Waals surface area contributed by atoms with Crippen molar-refractivity contribution in [3.05, 3.63) is 225 Å². The molecular weight excluding hydrogens is 1930 g/mol. The lowest BCUT2D eigenvalue weighted by atomic mass is 9.67. The van der Waals surface area contributed by atoms with Gasteiger partial charge in [0.25, 0.3) is 5.92 Å². The van der Waals surface area contributed by atoms with Gasteiger partial charge in [0.15, 0.2) is 39.6 Å². The number of hydrogen-bond donors (Lipinski definition) is 6. The highest BCUT2D eigenvalue weighted by Gasteiger charge is 2.67. The number of halogens is 4. The van der Waals surface area contributed by atoms with Crippen molar-refractivity contribution in [2.75, 3.05) is 31.9 Å². The van der Waals surface area contributed by atoms with Crippen molar-refractivity contribution in [1.29, 1.82) is 0 Å². The minimum Gasteiger partial charge on any atom is -0.469 e. The molecule has 31 nitrogen and oxygen atoms in total. The van der Waals surface area contributed by atoms with Gasteiger partial charge in [-0.1, -0.05) is 80.6 Å². The molecule has 16 aromatic rings. The molecule has 2 unspecified atom stereocenters. The highest BCUT2D eigenvalue weighted by molar-refractivity contribution is 7.09. The summed E-state index contributed by atoms with van der Waals surface area (Å²) in [6, 6.07) is 53.5. The summed E-state index contributed by atoms with van der Waals surface area (Å²) >= 11 is 1.69. The first-order valence-corrected chi connectivity index (χ1v) is 54.0. The van der Waals surface area contributed by atoms with Gasteiger partial charge in [0.2, 0.25) is 71.1 Å². The molecule has 150 heavy (non-hydrogen) atoms. The number of furan rings is 1. The average molecular weight is 2060 g/mol. The van der Waals surface area contributed by atoms with Gasteiger partial charge >= 0.3 is 0 Å². The number of aryl methyl sites for hydroxylation is 8. The largest absolute Gasteiger partial charge is 0.469 e. The molecule has 0 bridgehead atoms. The second-order valence-corrected chi connectivity index (χ2v) is 43.4. The highest BCUT2D eigenvalue weighted by atomic mass is 32.1. The Bertz CT molecular complexity index is 7230. The first kappa shape index (κ1) is 104. The third kappa shape index (κ3) is 23.9. The summed E-state index contributed by atoms with van der Waals surface area (Å²) in [7, 11) is 0. The standard InChI is InChI=1S/2C21H24N4O.C18H21F3N4O.C18H23FN4O.C18H20N4O2.C18H20N4OS/c2*1-14(16-7-4-3-5-8-16)13-19(26)24-21-23-18-12-11-15(2)22-20(18)25(21)17-9-6-10-17;1-10-6-7-13-15(22-10)25(12-4-3-5-12)16(23-13)24-14(26)8-11-9-18(20,21)17(11,2)19;1-11-6-7-14-16(20-11)23(13-4-3-5-13)17(21-14)22-15(24)8-12-9-18(2,19)10-12;2*1-12-7-9-15-17(19-12)22(13-4-2-5-13)18(20-15)21-16(23)10-8-14-6-3-11-24-14/h2*3-5,7-8,11-12,14,17H,6,9-10,13H2,1-2H3,(H,23,24,26);6-7,11-12H,3-5,8-9H2,1-2H3,(H,23,24,26);6-7,12-13H,3-5,8-10H2,1-2H3,(H,21,22,24);2*3,6-7,9,11,13H,2,4-5,8,10H2,1H3,(H,20,21,23)/t2*14-;;;;/m10..../s1. The fraction of sp³-hybridized carbons (Fsp3) is 0.456. The van der Waals surface area contributed by atoms with E-state index >= 15 is 0 Å². The van der Waals surface area contributed by atoms with Gasteiger partial charge in [-0.05, 0) is 315 Å². The summed E-state index contributed by atoms with van der Waals surface area (Å²) in [5.74, 6) is -0.240. The van der Waals surface area contributed by atoms with Crippen LogP contribution in [0, 0.1) is 53.4 Å². The van der Waals surface area contributed by atoms with Crippen molar-refractivity contribution < 1.29 is 50.7 Å². The summed E-state index contributed by atoms with van der Waals surface area (Å²) < 4.78 is 72.0. The van der Waals surface area contributed by atoms with Gasteiger partial charge in [-0.3, -0.25) is 88.1 Å². The monoisotopic (exact) mass is 2060 g/mol. The maximum atomic E-state index is 14.1. The second-order valence-electron chi connectivity index (χ2n) is 42.4. The first-order chi connectivity index (χ1) is 72.2. The topological polar surface area (TPSA) is 372 Å². The molecule has 0 radical (unpaired) electrons. The number of aromatic nitrogens is 18. The van der Waals surface area contributed by atoms with E-state index in [1.54, 1.807) is 24.5 Å². The lowest BCUT2D eigenvalue weighted by Gasteiger charge is -2.47. The van der Waals surface area contributed by atoms with Crippen LogP contribution in [0.1, 0.15) is 305 Å². The van der Waals surface area contributed by atoms with Crippen LogP contribution in [0.2, 0.25) is 0 Å². The van der Waals surface area contributed by atoms with Crippen molar-refractivity contribution in [2.24, 2.45) is 11.8 Å². The number of alkyl halides is 4. The molecule has 6 amide bonds. The van der Waals surface area contributed by atoms with Crippen molar-refractivity contribution in [1.82, 2.24) is 87.2 Å². The Balaban J connectivity index is 0.000000113. The van der Waals surface area contributed by atoms with E-state index in [9.17, 15) is 46.3 Å². The maximum Gasteiger partial charge on any atom is 0.281 e. The van der Waals surface area contributed by atoms with E-state index in [1.165, 1.54) is 48.1 Å². The van der Waals surface area contributed by atoms with E-state index in [4.69, 9.17) is 4.42 Å². The van der Waals surface area contributed by atoms with Crippen molar-refractivity contribution in [3.63, 3.8) is 0 Å². The number of anilines is 6. The molecule has 0 saturated heterocycles. The van der Waals surface area contributed by atoms with E-state index in [2.05, 4.69) is 159 Å². The van der Waals surface area contributed by atoms with Crippen LogP contribution < -0.4 is 31.9 Å².